The average Bonchev–Trinajstić information content (AvgIpc) is 3.19. The van der Waals surface area contributed by atoms with E-state index >= 15 is 0 Å². The molecular weight excluding hydrogens is 394 g/mol. The number of nitrogens with zero attached hydrogens (tertiary/aromatic N) is 5. The quantitative estimate of drug-likeness (QED) is 0.451. The Morgan fingerprint density at radius 2 is 2.03 bits per heavy atom. The summed E-state index contributed by atoms with van der Waals surface area (Å²) in [6, 6.07) is 6.86. The van der Waals surface area contributed by atoms with Crippen LogP contribution in [0.1, 0.15) is 36.5 Å². The van der Waals surface area contributed by atoms with Crippen LogP contribution in [0.15, 0.2) is 35.3 Å². The van der Waals surface area contributed by atoms with Crippen LogP contribution in [0.3, 0.4) is 0 Å². The van der Waals surface area contributed by atoms with Crippen molar-refractivity contribution in [3.63, 3.8) is 0 Å². The molecule has 0 atom stereocenters. The minimum Gasteiger partial charge on any atom is -0.497 e. The van der Waals surface area contributed by atoms with Gasteiger partial charge in [0.15, 0.2) is 5.78 Å². The van der Waals surface area contributed by atoms with Crippen molar-refractivity contribution in [2.45, 2.75) is 39.3 Å². The fourth-order valence-corrected chi connectivity index (χ4v) is 3.85. The normalized spacial score (nSPS) is 13.7. The number of Topliss-reactive ketones (excluding diaryl/α,β-unsaturated/α-hetero) is 1. The lowest BCUT2D eigenvalue weighted by molar-refractivity contribution is 0.0965. The van der Waals surface area contributed by atoms with E-state index in [4.69, 9.17) is 9.72 Å². The number of piperidine rings is 1. The molecule has 0 unspecified atom stereocenters. The molecule has 3 heterocycles. The Morgan fingerprint density at radius 1 is 1.23 bits per heavy atom. The van der Waals surface area contributed by atoms with Crippen molar-refractivity contribution >= 4 is 22.8 Å². The molecule has 0 amide bonds. The molecule has 2 aromatic heterocycles. The summed E-state index contributed by atoms with van der Waals surface area (Å²) in [6.07, 6.45) is 4.95. The Morgan fingerprint density at radius 3 is 2.77 bits per heavy atom. The smallest absolute Gasteiger partial charge is 0.293 e. The van der Waals surface area contributed by atoms with Crippen LogP contribution in [0.4, 0.5) is 5.95 Å². The highest BCUT2D eigenvalue weighted by molar-refractivity contribution is 5.96. The first-order valence-corrected chi connectivity index (χ1v) is 10.4. The molecule has 31 heavy (non-hydrogen) atoms. The summed E-state index contributed by atoms with van der Waals surface area (Å²) >= 11 is 0. The van der Waals surface area contributed by atoms with Gasteiger partial charge in [0.05, 0.1) is 19.9 Å². The molecule has 4 rings (SSSR count). The van der Waals surface area contributed by atoms with Crippen LogP contribution >= 0.6 is 0 Å². The highest BCUT2D eigenvalue weighted by Gasteiger charge is 2.22. The first-order valence-electron chi connectivity index (χ1n) is 10.4. The molecule has 0 N–H and O–H groups in total. The monoisotopic (exact) mass is 419 g/mol. The minimum absolute atomic E-state index is 0.161. The highest BCUT2D eigenvalue weighted by Crippen LogP contribution is 2.23. The number of carbonyl (C=O) groups is 1. The lowest BCUT2D eigenvalue weighted by Crippen LogP contribution is -2.32. The molecule has 3 aromatic rings. The van der Waals surface area contributed by atoms with Gasteiger partial charge in [0.25, 0.3) is 5.56 Å². The lowest BCUT2D eigenvalue weighted by Gasteiger charge is -2.27. The first-order chi connectivity index (χ1) is 15.1. The van der Waals surface area contributed by atoms with E-state index in [0.29, 0.717) is 28.9 Å². The van der Waals surface area contributed by atoms with Crippen molar-refractivity contribution in [3.05, 3.63) is 46.4 Å². The van der Waals surface area contributed by atoms with E-state index in [1.54, 1.807) is 44.5 Å². The largest absolute Gasteiger partial charge is 0.497 e. The third-order valence-corrected chi connectivity index (χ3v) is 5.47. The topological polar surface area (TPSA) is 82.2 Å². The maximum absolute atomic E-state index is 13.3. The van der Waals surface area contributed by atoms with Crippen molar-refractivity contribution in [2.75, 3.05) is 25.1 Å². The molecule has 0 bridgehead atoms. The van der Waals surface area contributed by atoms with Gasteiger partial charge in [-0.2, -0.15) is 5.10 Å². The summed E-state index contributed by atoms with van der Waals surface area (Å²) in [5.74, 6) is 7.05. The Balaban J connectivity index is 1.73. The standard InChI is InChI=1S/C23H25N5O3/c1-3-4-13-27-21-19(25-23(27)26-11-6-5-7-12-26)15-24-28(22(21)30)16-20(29)17-9-8-10-18(14-17)31-2/h8-10,14-15H,5-7,11-13,16H2,1-2H3. The fraction of sp³-hybridized carbons (Fsp3) is 0.391. The van der Waals surface area contributed by atoms with E-state index in [0.717, 1.165) is 31.9 Å². The summed E-state index contributed by atoms with van der Waals surface area (Å²) < 4.78 is 8.24. The molecule has 1 aliphatic rings. The molecule has 0 aliphatic carbocycles. The second-order valence-electron chi connectivity index (χ2n) is 7.47. The number of anilines is 1. The van der Waals surface area contributed by atoms with E-state index in [9.17, 15) is 9.59 Å². The van der Waals surface area contributed by atoms with Crippen molar-refractivity contribution in [1.29, 1.82) is 0 Å². The minimum atomic E-state index is -0.345. The van der Waals surface area contributed by atoms with E-state index < -0.39 is 0 Å². The number of imidazole rings is 1. The number of rotatable bonds is 6. The van der Waals surface area contributed by atoms with Gasteiger partial charge in [-0.1, -0.05) is 18.1 Å². The number of ether oxygens (including phenoxy) is 1. The van der Waals surface area contributed by atoms with Gasteiger partial charge in [0.2, 0.25) is 5.95 Å². The maximum atomic E-state index is 13.3. The third kappa shape index (κ3) is 4.17. The zero-order chi connectivity index (χ0) is 21.8. The average molecular weight is 419 g/mol. The SMILES string of the molecule is CC#CCn1c(N2CCCCC2)nc2cnn(CC(=O)c3cccc(OC)c3)c(=O)c21. The molecule has 1 fully saturated rings. The summed E-state index contributed by atoms with van der Waals surface area (Å²) in [5.41, 5.74) is 1.07. The van der Waals surface area contributed by atoms with Crippen LogP contribution < -0.4 is 15.2 Å². The molecule has 1 saturated heterocycles. The van der Waals surface area contributed by atoms with Gasteiger partial charge in [0.1, 0.15) is 23.3 Å². The van der Waals surface area contributed by atoms with Gasteiger partial charge in [-0.05, 0) is 38.3 Å². The number of ketones is 1. The lowest BCUT2D eigenvalue weighted by atomic mass is 10.1. The van der Waals surface area contributed by atoms with Gasteiger partial charge in [0, 0.05) is 18.7 Å². The summed E-state index contributed by atoms with van der Waals surface area (Å²) in [5, 5.41) is 4.22. The van der Waals surface area contributed by atoms with Crippen LogP contribution in [0.5, 0.6) is 5.75 Å². The summed E-state index contributed by atoms with van der Waals surface area (Å²) in [6.45, 7) is 3.78. The van der Waals surface area contributed by atoms with Gasteiger partial charge >= 0.3 is 0 Å². The molecule has 0 saturated carbocycles. The van der Waals surface area contributed by atoms with Gasteiger partial charge in [-0.3, -0.25) is 14.2 Å². The Hall–Kier alpha value is -3.60. The summed E-state index contributed by atoms with van der Waals surface area (Å²) in [4.78, 5) is 33.0. The van der Waals surface area contributed by atoms with E-state index in [1.165, 1.54) is 11.1 Å². The molecule has 1 aromatic carbocycles. The van der Waals surface area contributed by atoms with Gasteiger partial charge in [-0.25, -0.2) is 9.67 Å². The number of hydrogen-bond acceptors (Lipinski definition) is 6. The Labute approximate surface area is 180 Å². The fourth-order valence-electron chi connectivity index (χ4n) is 3.85. The van der Waals surface area contributed by atoms with E-state index in [-0.39, 0.29) is 17.9 Å². The molecule has 8 heteroatoms. The molecular formula is C23H25N5O3. The summed E-state index contributed by atoms with van der Waals surface area (Å²) in [7, 11) is 1.55. The van der Waals surface area contributed by atoms with Crippen LogP contribution in [0.2, 0.25) is 0 Å². The number of hydrogen-bond donors (Lipinski definition) is 0. The number of benzene rings is 1. The Kier molecular flexibility index (Phi) is 6.03. The predicted octanol–water partition coefficient (Wildman–Crippen LogP) is 2.50. The highest BCUT2D eigenvalue weighted by atomic mass is 16.5. The molecule has 0 spiro atoms. The molecule has 160 valence electrons. The Bertz CT molecular complexity index is 1230. The van der Waals surface area contributed by atoms with Crippen LogP contribution in [0, 0.1) is 11.8 Å². The zero-order valence-corrected chi connectivity index (χ0v) is 17.8. The molecule has 1 aliphatic heterocycles. The first kappa shape index (κ1) is 20.7. The van der Waals surface area contributed by atoms with Crippen molar-refractivity contribution in [1.82, 2.24) is 19.3 Å². The van der Waals surface area contributed by atoms with Gasteiger partial charge < -0.3 is 9.64 Å². The van der Waals surface area contributed by atoms with Crippen molar-refractivity contribution in [3.8, 4) is 17.6 Å². The van der Waals surface area contributed by atoms with Crippen LogP contribution in [-0.2, 0) is 13.1 Å². The van der Waals surface area contributed by atoms with E-state index in [1.807, 2.05) is 4.57 Å². The zero-order valence-electron chi connectivity index (χ0n) is 17.8. The third-order valence-electron chi connectivity index (χ3n) is 5.47. The predicted molar refractivity (Wildman–Crippen MR) is 119 cm³/mol. The second kappa shape index (κ2) is 9.04. The number of aromatic nitrogens is 4. The van der Waals surface area contributed by atoms with E-state index in [2.05, 4.69) is 21.8 Å². The van der Waals surface area contributed by atoms with Gasteiger partial charge in [-0.15, -0.1) is 5.92 Å². The van der Waals surface area contributed by atoms with Crippen LogP contribution in [-0.4, -0.2) is 45.3 Å². The number of methoxy groups -OCH3 is 1. The molecule has 0 radical (unpaired) electrons. The van der Waals surface area contributed by atoms with Crippen molar-refractivity contribution < 1.29 is 9.53 Å². The second-order valence-corrected chi connectivity index (χ2v) is 7.47. The molecule has 8 nitrogen and oxygen atoms in total. The number of carbonyl (C=O) groups excluding carboxylic acids is 1. The maximum Gasteiger partial charge on any atom is 0.293 e. The van der Waals surface area contributed by atoms with Crippen molar-refractivity contribution in [2.24, 2.45) is 0 Å². The van der Waals surface area contributed by atoms with Crippen LogP contribution in [0.25, 0.3) is 11.0 Å². The number of fused-ring (bicyclic) bond motifs is 1.